The molecule has 0 fully saturated rings. The van der Waals surface area contributed by atoms with E-state index in [0.29, 0.717) is 0 Å². The molecule has 8 aromatic rings. The second-order valence-corrected chi connectivity index (χ2v) is 10.0. The second kappa shape index (κ2) is 6.79. The maximum Gasteiger partial charge on any atom is 0.0736 e. The van der Waals surface area contributed by atoms with E-state index in [0.717, 1.165) is 0 Å². The van der Waals surface area contributed by atoms with Crippen molar-refractivity contribution in [3.05, 3.63) is 97.1 Å². The van der Waals surface area contributed by atoms with Crippen LogP contribution in [0.25, 0.3) is 76.5 Å². The van der Waals surface area contributed by atoms with Gasteiger partial charge in [0.15, 0.2) is 0 Å². The molecule has 3 heterocycles. The van der Waals surface area contributed by atoms with Gasteiger partial charge in [-0.05, 0) is 35.4 Å². The molecule has 0 spiro atoms. The first-order chi connectivity index (χ1) is 17.6. The minimum atomic E-state index is 1.25. The lowest BCUT2D eigenvalue weighted by molar-refractivity contribution is 0.986. The van der Waals surface area contributed by atoms with E-state index in [4.69, 9.17) is 0 Å². The van der Waals surface area contributed by atoms with Gasteiger partial charge >= 0.3 is 0 Å². The van der Waals surface area contributed by atoms with Crippen LogP contribution < -0.4 is 0 Å². The van der Waals surface area contributed by atoms with E-state index in [1.807, 2.05) is 0 Å². The molecule has 0 saturated carbocycles. The van der Waals surface area contributed by atoms with Crippen molar-refractivity contribution < 1.29 is 0 Å². The zero-order valence-corrected chi connectivity index (χ0v) is 20.6. The third-order valence-electron chi connectivity index (χ3n) is 8.28. The van der Waals surface area contributed by atoms with Gasteiger partial charge in [-0.25, -0.2) is 0 Å². The van der Waals surface area contributed by atoms with Crippen molar-refractivity contribution in [2.24, 2.45) is 21.1 Å². The number of aromatic nitrogens is 3. The number of fused-ring (bicyclic) bond motifs is 10. The summed E-state index contributed by atoms with van der Waals surface area (Å²) >= 11 is 0. The van der Waals surface area contributed by atoms with Crippen LogP contribution in [0.3, 0.4) is 0 Å². The molecular weight excluding hydrogens is 438 g/mol. The standard InChI is InChI=1S/C33H25N3/c1-34-28-13-7-5-10-26(28)31-21(11-8-14-29(31)34)20-15-16-23-25-18-17-24-22-9-4-6-12-27(22)35(2)32(24)33(25)36(3)30(23)19-20/h4-19H,1-3H3. The van der Waals surface area contributed by atoms with E-state index >= 15 is 0 Å². The van der Waals surface area contributed by atoms with Crippen LogP contribution in [0.4, 0.5) is 0 Å². The number of para-hydroxylation sites is 2. The van der Waals surface area contributed by atoms with E-state index in [1.165, 1.54) is 76.5 Å². The van der Waals surface area contributed by atoms with Gasteiger partial charge in [0.25, 0.3) is 0 Å². The maximum absolute atomic E-state index is 2.39. The molecule has 0 aliphatic carbocycles. The normalized spacial score (nSPS) is 12.3. The van der Waals surface area contributed by atoms with Gasteiger partial charge in [-0.3, -0.25) is 0 Å². The zero-order valence-electron chi connectivity index (χ0n) is 20.6. The summed E-state index contributed by atoms with van der Waals surface area (Å²) in [5.41, 5.74) is 10.2. The average Bonchev–Trinajstić information content (AvgIpc) is 3.50. The van der Waals surface area contributed by atoms with Gasteiger partial charge in [0.1, 0.15) is 0 Å². The molecule has 0 unspecified atom stereocenters. The Morgan fingerprint density at radius 2 is 0.972 bits per heavy atom. The zero-order chi connectivity index (χ0) is 24.1. The summed E-state index contributed by atoms with van der Waals surface area (Å²) in [6, 6.07) is 35.7. The van der Waals surface area contributed by atoms with Gasteiger partial charge in [-0.1, -0.05) is 72.8 Å². The molecule has 0 N–H and O–H groups in total. The van der Waals surface area contributed by atoms with Gasteiger partial charge in [0, 0.05) is 75.5 Å². The molecule has 0 saturated heterocycles. The van der Waals surface area contributed by atoms with Crippen LogP contribution in [0.1, 0.15) is 0 Å². The van der Waals surface area contributed by atoms with Crippen LogP contribution in [0.15, 0.2) is 97.1 Å². The molecule has 172 valence electrons. The lowest BCUT2D eigenvalue weighted by Gasteiger charge is -2.07. The molecule has 3 aromatic heterocycles. The first kappa shape index (κ1) is 19.8. The van der Waals surface area contributed by atoms with E-state index in [2.05, 4.69) is 132 Å². The summed E-state index contributed by atoms with van der Waals surface area (Å²) in [5, 5.41) is 7.86. The van der Waals surface area contributed by atoms with Crippen molar-refractivity contribution in [3.8, 4) is 11.1 Å². The van der Waals surface area contributed by atoms with Crippen molar-refractivity contribution in [2.45, 2.75) is 0 Å². The largest absolute Gasteiger partial charge is 0.344 e. The van der Waals surface area contributed by atoms with Gasteiger partial charge in [0.2, 0.25) is 0 Å². The number of hydrogen-bond donors (Lipinski definition) is 0. The number of rotatable bonds is 1. The summed E-state index contributed by atoms with van der Waals surface area (Å²) in [6.45, 7) is 0. The lowest BCUT2D eigenvalue weighted by Crippen LogP contribution is -1.92. The Kier molecular flexibility index (Phi) is 3.73. The molecule has 36 heavy (non-hydrogen) atoms. The van der Waals surface area contributed by atoms with Crippen molar-refractivity contribution in [2.75, 3.05) is 0 Å². The molecule has 3 heteroatoms. The second-order valence-electron chi connectivity index (χ2n) is 10.0. The SMILES string of the molecule is Cn1c2ccccc2c2c(-c3ccc4c5ccc6c7ccccc7n(C)c6c5n(C)c4c3)cccc21. The first-order valence-electron chi connectivity index (χ1n) is 12.5. The van der Waals surface area contributed by atoms with Crippen LogP contribution in [0.2, 0.25) is 0 Å². The topological polar surface area (TPSA) is 14.8 Å². The van der Waals surface area contributed by atoms with E-state index < -0.39 is 0 Å². The smallest absolute Gasteiger partial charge is 0.0736 e. The summed E-state index contributed by atoms with van der Waals surface area (Å²) < 4.78 is 7.04. The van der Waals surface area contributed by atoms with Crippen LogP contribution in [-0.2, 0) is 21.1 Å². The molecule has 0 radical (unpaired) electrons. The molecule has 0 aliphatic rings. The quantitative estimate of drug-likeness (QED) is 0.233. The van der Waals surface area contributed by atoms with Gasteiger partial charge < -0.3 is 13.7 Å². The molecule has 3 nitrogen and oxygen atoms in total. The summed E-state index contributed by atoms with van der Waals surface area (Å²) in [4.78, 5) is 0. The molecular formula is C33H25N3. The molecule has 0 amide bonds. The van der Waals surface area contributed by atoms with Crippen molar-refractivity contribution in [3.63, 3.8) is 0 Å². The van der Waals surface area contributed by atoms with E-state index in [9.17, 15) is 0 Å². The number of nitrogens with zero attached hydrogens (tertiary/aromatic N) is 3. The predicted octanol–water partition coefficient (Wildman–Crippen LogP) is 8.29. The van der Waals surface area contributed by atoms with Crippen molar-refractivity contribution in [1.29, 1.82) is 0 Å². The Morgan fingerprint density at radius 1 is 0.417 bits per heavy atom. The van der Waals surface area contributed by atoms with Crippen molar-refractivity contribution in [1.82, 2.24) is 13.7 Å². The average molecular weight is 464 g/mol. The Bertz CT molecular complexity index is 2180. The fourth-order valence-electron chi connectivity index (χ4n) is 6.58. The Labute approximate surface area is 208 Å². The molecule has 8 rings (SSSR count). The van der Waals surface area contributed by atoms with E-state index in [-0.39, 0.29) is 0 Å². The van der Waals surface area contributed by atoms with Gasteiger partial charge in [0.05, 0.1) is 11.0 Å². The minimum absolute atomic E-state index is 1.25. The molecule has 0 atom stereocenters. The third kappa shape index (κ3) is 2.33. The Morgan fingerprint density at radius 3 is 1.72 bits per heavy atom. The predicted molar refractivity (Wildman–Crippen MR) is 154 cm³/mol. The van der Waals surface area contributed by atoms with Crippen LogP contribution in [0, 0.1) is 0 Å². The van der Waals surface area contributed by atoms with Gasteiger partial charge in [-0.15, -0.1) is 0 Å². The van der Waals surface area contributed by atoms with Crippen molar-refractivity contribution >= 4 is 65.4 Å². The molecule has 0 bridgehead atoms. The monoisotopic (exact) mass is 463 g/mol. The molecule has 5 aromatic carbocycles. The third-order valence-corrected chi connectivity index (χ3v) is 8.28. The number of hydrogen-bond acceptors (Lipinski definition) is 0. The summed E-state index contributed by atoms with van der Waals surface area (Å²) in [6.07, 6.45) is 0. The lowest BCUT2D eigenvalue weighted by atomic mass is 9.98. The number of aryl methyl sites for hydroxylation is 3. The summed E-state index contributed by atoms with van der Waals surface area (Å²) in [5.74, 6) is 0. The van der Waals surface area contributed by atoms with Crippen LogP contribution in [0.5, 0.6) is 0 Å². The maximum atomic E-state index is 2.39. The van der Waals surface area contributed by atoms with Gasteiger partial charge in [-0.2, -0.15) is 0 Å². The highest BCUT2D eigenvalue weighted by atomic mass is 15.0. The number of benzene rings is 5. The van der Waals surface area contributed by atoms with E-state index in [1.54, 1.807) is 0 Å². The fourth-order valence-corrected chi connectivity index (χ4v) is 6.58. The minimum Gasteiger partial charge on any atom is -0.344 e. The highest BCUT2D eigenvalue weighted by molar-refractivity contribution is 6.23. The highest BCUT2D eigenvalue weighted by Gasteiger charge is 2.18. The fraction of sp³-hybridized carbons (Fsp3) is 0.0909. The first-order valence-corrected chi connectivity index (χ1v) is 12.5. The Hall–Kier alpha value is -4.50. The van der Waals surface area contributed by atoms with Crippen LogP contribution >= 0.6 is 0 Å². The Balaban J connectivity index is 1.47. The summed E-state index contributed by atoms with van der Waals surface area (Å²) in [7, 11) is 6.56. The highest BCUT2D eigenvalue weighted by Crippen LogP contribution is 2.41. The van der Waals surface area contributed by atoms with Crippen LogP contribution in [-0.4, -0.2) is 13.7 Å². The molecule has 0 aliphatic heterocycles.